The lowest BCUT2D eigenvalue weighted by Gasteiger charge is -2.34. The highest BCUT2D eigenvalue weighted by molar-refractivity contribution is 5.91. The van der Waals surface area contributed by atoms with Crippen LogP contribution in [0, 0.1) is 11.6 Å². The van der Waals surface area contributed by atoms with Gasteiger partial charge in [0, 0.05) is 58.6 Å². The minimum atomic E-state index is -1.27. The molecule has 2 heterocycles. The SMILES string of the molecule is CN1CCN(c2c(F)c(Oc3cccc(-c4cccc(CN)c4)c3)nc(Oc3cc(N(C)C)ccc3C(=O)O)c2F)CC1. The van der Waals surface area contributed by atoms with E-state index in [-0.39, 0.29) is 22.7 Å². The second-order valence-corrected chi connectivity index (χ2v) is 10.5. The van der Waals surface area contributed by atoms with Crippen molar-refractivity contribution in [3.05, 3.63) is 89.5 Å². The summed E-state index contributed by atoms with van der Waals surface area (Å²) in [5.74, 6) is -4.28. The number of halogens is 2. The second-order valence-electron chi connectivity index (χ2n) is 10.5. The fourth-order valence-corrected chi connectivity index (χ4v) is 4.82. The summed E-state index contributed by atoms with van der Waals surface area (Å²) in [5.41, 5.74) is 8.52. The zero-order valence-electron chi connectivity index (χ0n) is 24.2. The highest BCUT2D eigenvalue weighted by atomic mass is 19.1. The number of rotatable bonds is 9. The number of hydrogen-bond donors (Lipinski definition) is 2. The van der Waals surface area contributed by atoms with Crippen LogP contribution in [0.1, 0.15) is 15.9 Å². The van der Waals surface area contributed by atoms with E-state index in [9.17, 15) is 9.90 Å². The smallest absolute Gasteiger partial charge is 0.339 e. The lowest BCUT2D eigenvalue weighted by atomic mass is 10.0. The highest BCUT2D eigenvalue weighted by Crippen LogP contribution is 2.40. The molecule has 1 aromatic heterocycles. The van der Waals surface area contributed by atoms with Gasteiger partial charge in [0.2, 0.25) is 11.6 Å². The Balaban J connectivity index is 1.58. The molecule has 0 bridgehead atoms. The van der Waals surface area contributed by atoms with Crippen molar-refractivity contribution in [2.24, 2.45) is 5.73 Å². The highest BCUT2D eigenvalue weighted by Gasteiger charge is 2.30. The fourth-order valence-electron chi connectivity index (χ4n) is 4.82. The minimum Gasteiger partial charge on any atom is -0.478 e. The van der Waals surface area contributed by atoms with Crippen LogP contribution in [-0.2, 0) is 6.54 Å². The third-order valence-corrected chi connectivity index (χ3v) is 7.28. The molecule has 0 spiro atoms. The van der Waals surface area contributed by atoms with Crippen LogP contribution in [-0.4, -0.2) is 68.3 Å². The minimum absolute atomic E-state index is 0.145. The number of nitrogens with two attached hydrogens (primary N) is 1. The van der Waals surface area contributed by atoms with E-state index in [4.69, 9.17) is 15.2 Å². The van der Waals surface area contributed by atoms with Gasteiger partial charge in [-0.15, -0.1) is 0 Å². The number of ether oxygens (including phenoxy) is 2. The maximum absolute atomic E-state index is 16.1. The number of aromatic carboxylic acids is 1. The Morgan fingerprint density at radius 3 is 2.23 bits per heavy atom. The summed E-state index contributed by atoms with van der Waals surface area (Å²) in [5, 5.41) is 9.76. The van der Waals surface area contributed by atoms with E-state index in [2.05, 4.69) is 9.88 Å². The van der Waals surface area contributed by atoms with Crippen LogP contribution in [0.2, 0.25) is 0 Å². The molecule has 5 rings (SSSR count). The molecule has 1 saturated heterocycles. The van der Waals surface area contributed by atoms with Crippen molar-refractivity contribution in [2.75, 3.05) is 57.1 Å². The molecule has 3 aromatic carbocycles. The lowest BCUT2D eigenvalue weighted by Crippen LogP contribution is -2.45. The van der Waals surface area contributed by atoms with E-state index >= 15 is 8.78 Å². The molecule has 1 fully saturated rings. The maximum Gasteiger partial charge on any atom is 0.339 e. The Labute approximate surface area is 248 Å². The van der Waals surface area contributed by atoms with Gasteiger partial charge in [-0.3, -0.25) is 0 Å². The number of pyridine rings is 1. The zero-order chi connectivity index (χ0) is 30.7. The average Bonchev–Trinajstić information content (AvgIpc) is 3.00. The summed E-state index contributed by atoms with van der Waals surface area (Å²) in [6.45, 7) is 2.28. The van der Waals surface area contributed by atoms with Crippen LogP contribution in [0.25, 0.3) is 11.1 Å². The molecule has 11 heteroatoms. The summed E-state index contributed by atoms with van der Waals surface area (Å²) in [6.07, 6.45) is 0. The lowest BCUT2D eigenvalue weighted by molar-refractivity contribution is 0.0694. The number of carboxylic acids is 1. The van der Waals surface area contributed by atoms with E-state index in [1.807, 2.05) is 37.4 Å². The largest absolute Gasteiger partial charge is 0.478 e. The predicted octanol–water partition coefficient (Wildman–Crippen LogP) is 5.59. The second kappa shape index (κ2) is 12.6. The summed E-state index contributed by atoms with van der Waals surface area (Å²) < 4.78 is 43.9. The number of likely N-dealkylation sites (N-methyl/N-ethyl adjacent to an activating group) is 1. The molecule has 0 saturated carbocycles. The molecule has 0 atom stereocenters. The van der Waals surface area contributed by atoms with Crippen molar-refractivity contribution in [2.45, 2.75) is 6.54 Å². The van der Waals surface area contributed by atoms with Crippen molar-refractivity contribution < 1.29 is 28.2 Å². The van der Waals surface area contributed by atoms with Crippen LogP contribution in [0.3, 0.4) is 0 Å². The van der Waals surface area contributed by atoms with Crippen LogP contribution in [0.15, 0.2) is 66.7 Å². The predicted molar refractivity (Wildman–Crippen MR) is 162 cm³/mol. The number of hydrogen-bond acceptors (Lipinski definition) is 8. The van der Waals surface area contributed by atoms with E-state index in [0.717, 1.165) is 16.7 Å². The molecule has 9 nitrogen and oxygen atoms in total. The Morgan fingerprint density at radius 2 is 1.58 bits per heavy atom. The molecule has 1 aliphatic rings. The van der Waals surface area contributed by atoms with Gasteiger partial charge in [0.15, 0.2) is 0 Å². The molecule has 0 unspecified atom stereocenters. The zero-order valence-corrected chi connectivity index (χ0v) is 24.2. The van der Waals surface area contributed by atoms with Crippen molar-refractivity contribution in [3.63, 3.8) is 0 Å². The third kappa shape index (κ3) is 6.52. The van der Waals surface area contributed by atoms with E-state index < -0.39 is 29.4 Å². The molecule has 224 valence electrons. The van der Waals surface area contributed by atoms with Gasteiger partial charge in [0.1, 0.15) is 22.7 Å². The molecule has 43 heavy (non-hydrogen) atoms. The number of benzene rings is 3. The normalized spacial score (nSPS) is 13.6. The standard InChI is InChI=1S/C32H33F2N5O4/c1-37(2)23-10-11-25(32(40)41)26(18-23)43-31-28(34)29(39-14-12-38(3)13-15-39)27(33)30(36-31)42-24-9-5-8-22(17-24)21-7-4-6-20(16-21)19-35/h4-11,16-18H,12-15,19,35H2,1-3H3,(H,40,41). The quantitative estimate of drug-likeness (QED) is 0.259. The fraction of sp³-hybridized carbons (Fsp3) is 0.250. The van der Waals surface area contributed by atoms with Crippen molar-refractivity contribution >= 4 is 17.3 Å². The number of nitrogens with zero attached hydrogens (tertiary/aromatic N) is 4. The molecular weight excluding hydrogens is 556 g/mol. The Kier molecular flexibility index (Phi) is 8.74. The first-order chi connectivity index (χ1) is 20.6. The number of aromatic nitrogens is 1. The molecule has 4 aromatic rings. The van der Waals surface area contributed by atoms with Gasteiger partial charge < -0.3 is 35.0 Å². The first-order valence-corrected chi connectivity index (χ1v) is 13.8. The van der Waals surface area contributed by atoms with Gasteiger partial charge in [0.05, 0.1) is 0 Å². The van der Waals surface area contributed by atoms with Crippen LogP contribution in [0.5, 0.6) is 23.3 Å². The van der Waals surface area contributed by atoms with Crippen molar-refractivity contribution in [1.82, 2.24) is 9.88 Å². The van der Waals surface area contributed by atoms with Gasteiger partial charge in [-0.25, -0.2) is 4.79 Å². The Hall–Kier alpha value is -4.74. The van der Waals surface area contributed by atoms with Crippen molar-refractivity contribution in [3.8, 4) is 34.4 Å². The van der Waals surface area contributed by atoms with E-state index in [1.165, 1.54) is 12.1 Å². The van der Waals surface area contributed by atoms with Gasteiger partial charge in [0.25, 0.3) is 11.8 Å². The van der Waals surface area contributed by atoms with Crippen molar-refractivity contribution in [1.29, 1.82) is 0 Å². The molecule has 0 aliphatic carbocycles. The molecule has 0 radical (unpaired) electrons. The number of anilines is 2. The third-order valence-electron chi connectivity index (χ3n) is 7.28. The van der Waals surface area contributed by atoms with Crippen LogP contribution >= 0.6 is 0 Å². The number of carbonyl (C=O) groups is 1. The van der Waals surface area contributed by atoms with Crippen LogP contribution < -0.4 is 25.0 Å². The van der Waals surface area contributed by atoms with Gasteiger partial charge in [-0.2, -0.15) is 13.8 Å². The first-order valence-electron chi connectivity index (χ1n) is 13.8. The molecular formula is C32H33F2N5O4. The Morgan fingerprint density at radius 1 is 0.930 bits per heavy atom. The summed E-state index contributed by atoms with van der Waals surface area (Å²) in [6, 6.07) is 19.1. The average molecular weight is 590 g/mol. The summed E-state index contributed by atoms with van der Waals surface area (Å²) in [7, 11) is 5.48. The Bertz CT molecular complexity index is 1640. The summed E-state index contributed by atoms with van der Waals surface area (Å²) >= 11 is 0. The number of carboxylic acid groups (broad SMARTS) is 1. The van der Waals surface area contributed by atoms with E-state index in [1.54, 1.807) is 48.2 Å². The van der Waals surface area contributed by atoms with Crippen LogP contribution in [0.4, 0.5) is 20.2 Å². The monoisotopic (exact) mass is 589 g/mol. The molecule has 1 aliphatic heterocycles. The van der Waals surface area contributed by atoms with Gasteiger partial charge in [-0.1, -0.05) is 30.3 Å². The summed E-state index contributed by atoms with van der Waals surface area (Å²) in [4.78, 5) is 21.4. The first kappa shape index (κ1) is 29.7. The molecule has 3 N–H and O–H groups in total. The van der Waals surface area contributed by atoms with E-state index in [0.29, 0.717) is 38.4 Å². The number of piperazine rings is 1. The maximum atomic E-state index is 16.1. The van der Waals surface area contributed by atoms with Gasteiger partial charge >= 0.3 is 5.97 Å². The topological polar surface area (TPSA) is 104 Å². The van der Waals surface area contributed by atoms with Gasteiger partial charge in [-0.05, 0) is 54.1 Å². The molecule has 0 amide bonds.